The number of halogens is 1. The molecule has 3 aromatic rings. The topological polar surface area (TPSA) is 85.6 Å². The van der Waals surface area contributed by atoms with Crippen molar-refractivity contribution in [3.8, 4) is 5.69 Å². The van der Waals surface area contributed by atoms with E-state index in [2.05, 4.69) is 41.8 Å². The van der Waals surface area contributed by atoms with Gasteiger partial charge in [-0.15, -0.1) is 5.10 Å². The molecule has 0 radical (unpaired) electrons. The Bertz CT molecular complexity index is 757. The summed E-state index contributed by atoms with van der Waals surface area (Å²) in [7, 11) is 0. The van der Waals surface area contributed by atoms with E-state index in [4.69, 9.17) is 0 Å². The van der Waals surface area contributed by atoms with E-state index in [1.807, 2.05) is 18.2 Å². The molecule has 0 unspecified atom stereocenters. The third-order valence-corrected chi connectivity index (χ3v) is 3.21. The van der Waals surface area contributed by atoms with Crippen molar-refractivity contribution in [3.05, 3.63) is 59.1 Å². The summed E-state index contributed by atoms with van der Waals surface area (Å²) in [6.45, 7) is 0. The van der Waals surface area contributed by atoms with Gasteiger partial charge in [-0.2, -0.15) is 4.68 Å². The summed E-state index contributed by atoms with van der Waals surface area (Å²) in [5.74, 6) is -0.254. The van der Waals surface area contributed by atoms with E-state index in [0.717, 1.165) is 0 Å². The first-order valence-corrected chi connectivity index (χ1v) is 6.78. The molecule has 1 aromatic carbocycles. The van der Waals surface area contributed by atoms with Gasteiger partial charge in [-0.3, -0.25) is 4.79 Å². The van der Waals surface area contributed by atoms with E-state index >= 15 is 0 Å². The van der Waals surface area contributed by atoms with Gasteiger partial charge >= 0.3 is 0 Å². The van der Waals surface area contributed by atoms with Gasteiger partial charge in [0, 0.05) is 6.20 Å². The second-order valence-corrected chi connectivity index (χ2v) is 4.91. The predicted octanol–water partition coefficient (Wildman–Crippen LogP) is 2.07. The molecule has 1 amide bonds. The van der Waals surface area contributed by atoms with Gasteiger partial charge < -0.3 is 5.32 Å². The molecule has 0 bridgehead atoms. The summed E-state index contributed by atoms with van der Waals surface area (Å²) in [4.78, 5) is 16.3. The highest BCUT2D eigenvalue weighted by Gasteiger charge is 2.11. The van der Waals surface area contributed by atoms with Crippen LogP contribution >= 0.6 is 15.9 Å². The molecule has 3 rings (SSSR count). The molecule has 0 aliphatic rings. The van der Waals surface area contributed by atoms with E-state index in [9.17, 15) is 4.79 Å². The predicted molar refractivity (Wildman–Crippen MR) is 79.0 cm³/mol. The van der Waals surface area contributed by atoms with Crippen LogP contribution in [0.4, 0.5) is 5.69 Å². The summed E-state index contributed by atoms with van der Waals surface area (Å²) in [6, 6.07) is 10.7. The molecule has 7 nitrogen and oxygen atoms in total. The van der Waals surface area contributed by atoms with Crippen LogP contribution in [-0.4, -0.2) is 31.1 Å². The molecule has 21 heavy (non-hydrogen) atoms. The Morgan fingerprint density at radius 1 is 1.19 bits per heavy atom. The average Bonchev–Trinajstić information content (AvgIpc) is 3.02. The summed E-state index contributed by atoms with van der Waals surface area (Å²) < 4.78 is 2.16. The van der Waals surface area contributed by atoms with Crippen LogP contribution in [0.2, 0.25) is 0 Å². The van der Waals surface area contributed by atoms with E-state index in [-0.39, 0.29) is 5.91 Å². The van der Waals surface area contributed by atoms with Crippen molar-refractivity contribution < 1.29 is 4.79 Å². The molecule has 0 aliphatic heterocycles. The smallest absolute Gasteiger partial charge is 0.257 e. The quantitative estimate of drug-likeness (QED) is 0.735. The Labute approximate surface area is 128 Å². The largest absolute Gasteiger partial charge is 0.320 e. The maximum absolute atomic E-state index is 12.2. The Morgan fingerprint density at radius 2 is 2.05 bits per heavy atom. The molecule has 1 N–H and O–H groups in total. The summed E-state index contributed by atoms with van der Waals surface area (Å²) in [6.07, 6.45) is 2.96. The van der Waals surface area contributed by atoms with Crippen molar-refractivity contribution in [1.29, 1.82) is 0 Å². The summed E-state index contributed by atoms with van der Waals surface area (Å²) in [5.41, 5.74) is 1.75. The number of nitrogens with one attached hydrogen (secondary N) is 1. The zero-order valence-corrected chi connectivity index (χ0v) is 12.2. The molecule has 0 saturated carbocycles. The van der Waals surface area contributed by atoms with Crippen LogP contribution < -0.4 is 5.32 Å². The number of rotatable bonds is 3. The number of tetrazole rings is 1. The van der Waals surface area contributed by atoms with Crippen LogP contribution in [0.3, 0.4) is 0 Å². The lowest BCUT2D eigenvalue weighted by molar-refractivity contribution is 0.102. The minimum absolute atomic E-state index is 0.254. The number of para-hydroxylation sites is 2. The molecule has 2 aromatic heterocycles. The minimum Gasteiger partial charge on any atom is -0.320 e. The Hall–Kier alpha value is -2.61. The second kappa shape index (κ2) is 5.80. The van der Waals surface area contributed by atoms with Crippen molar-refractivity contribution in [1.82, 2.24) is 25.2 Å². The van der Waals surface area contributed by atoms with Gasteiger partial charge in [0.2, 0.25) is 0 Å². The SMILES string of the molecule is O=C(Nc1ccccc1-n1cnnn1)c1ccc(Br)nc1. The highest BCUT2D eigenvalue weighted by Crippen LogP contribution is 2.19. The molecule has 0 atom stereocenters. The lowest BCUT2D eigenvalue weighted by Gasteiger charge is -2.09. The highest BCUT2D eigenvalue weighted by atomic mass is 79.9. The summed E-state index contributed by atoms with van der Waals surface area (Å²) >= 11 is 3.23. The number of pyridine rings is 1. The lowest BCUT2D eigenvalue weighted by atomic mass is 10.2. The van der Waals surface area contributed by atoms with Crippen LogP contribution in [0.25, 0.3) is 5.69 Å². The Morgan fingerprint density at radius 3 is 2.76 bits per heavy atom. The zero-order chi connectivity index (χ0) is 14.7. The number of amides is 1. The molecular formula is C13H9BrN6O. The third-order valence-electron chi connectivity index (χ3n) is 2.74. The van der Waals surface area contributed by atoms with Crippen molar-refractivity contribution in [2.24, 2.45) is 0 Å². The number of carbonyl (C=O) groups is 1. The normalized spacial score (nSPS) is 10.3. The van der Waals surface area contributed by atoms with Gasteiger partial charge in [0.1, 0.15) is 10.9 Å². The fourth-order valence-corrected chi connectivity index (χ4v) is 1.99. The molecule has 0 fully saturated rings. The number of hydrogen-bond acceptors (Lipinski definition) is 5. The number of hydrogen-bond donors (Lipinski definition) is 1. The fraction of sp³-hybridized carbons (Fsp3) is 0. The first-order chi connectivity index (χ1) is 10.2. The monoisotopic (exact) mass is 344 g/mol. The molecule has 0 aliphatic carbocycles. The number of nitrogens with zero attached hydrogens (tertiary/aromatic N) is 5. The molecular weight excluding hydrogens is 336 g/mol. The Kier molecular flexibility index (Phi) is 3.69. The van der Waals surface area contributed by atoms with Gasteiger partial charge in [-0.1, -0.05) is 12.1 Å². The molecule has 2 heterocycles. The maximum atomic E-state index is 12.2. The number of aromatic nitrogens is 5. The van der Waals surface area contributed by atoms with Gasteiger partial charge in [-0.05, 0) is 50.6 Å². The first kappa shape index (κ1) is 13.4. The molecule has 8 heteroatoms. The molecule has 104 valence electrons. The van der Waals surface area contributed by atoms with Gasteiger partial charge in [-0.25, -0.2) is 4.98 Å². The molecule has 0 saturated heterocycles. The number of anilines is 1. The van der Waals surface area contributed by atoms with E-state index < -0.39 is 0 Å². The minimum atomic E-state index is -0.254. The van der Waals surface area contributed by atoms with Gasteiger partial charge in [0.15, 0.2) is 0 Å². The van der Waals surface area contributed by atoms with E-state index in [1.54, 1.807) is 18.2 Å². The fourth-order valence-electron chi connectivity index (χ4n) is 1.76. The second-order valence-electron chi connectivity index (χ2n) is 4.10. The Balaban J connectivity index is 1.88. The van der Waals surface area contributed by atoms with E-state index in [1.165, 1.54) is 17.2 Å². The average molecular weight is 345 g/mol. The van der Waals surface area contributed by atoms with Crippen molar-refractivity contribution >= 4 is 27.5 Å². The van der Waals surface area contributed by atoms with Crippen LogP contribution in [0.5, 0.6) is 0 Å². The van der Waals surface area contributed by atoms with Crippen molar-refractivity contribution in [3.63, 3.8) is 0 Å². The van der Waals surface area contributed by atoms with Crippen molar-refractivity contribution in [2.75, 3.05) is 5.32 Å². The van der Waals surface area contributed by atoms with Crippen LogP contribution in [0.15, 0.2) is 53.5 Å². The van der Waals surface area contributed by atoms with Gasteiger partial charge in [0.25, 0.3) is 5.91 Å². The van der Waals surface area contributed by atoms with Crippen LogP contribution in [0.1, 0.15) is 10.4 Å². The standard InChI is InChI=1S/C13H9BrN6O/c14-12-6-5-9(7-15-12)13(21)17-10-3-1-2-4-11(10)20-8-16-18-19-20/h1-8H,(H,17,21). The third kappa shape index (κ3) is 2.95. The maximum Gasteiger partial charge on any atom is 0.257 e. The lowest BCUT2D eigenvalue weighted by Crippen LogP contribution is -2.14. The van der Waals surface area contributed by atoms with Crippen LogP contribution in [-0.2, 0) is 0 Å². The van der Waals surface area contributed by atoms with Crippen LogP contribution in [0, 0.1) is 0 Å². The summed E-state index contributed by atoms with van der Waals surface area (Å²) in [5, 5.41) is 13.8. The number of carbonyl (C=O) groups excluding carboxylic acids is 1. The first-order valence-electron chi connectivity index (χ1n) is 5.99. The van der Waals surface area contributed by atoms with E-state index in [0.29, 0.717) is 21.5 Å². The zero-order valence-electron chi connectivity index (χ0n) is 10.6. The van der Waals surface area contributed by atoms with Crippen molar-refractivity contribution in [2.45, 2.75) is 0 Å². The highest BCUT2D eigenvalue weighted by molar-refractivity contribution is 9.10. The molecule has 0 spiro atoms. The van der Waals surface area contributed by atoms with Gasteiger partial charge in [0.05, 0.1) is 16.9 Å². The number of benzene rings is 1.